The van der Waals surface area contributed by atoms with Crippen molar-refractivity contribution >= 4 is 22.7 Å². The molecule has 3 aromatic rings. The van der Waals surface area contributed by atoms with Crippen LogP contribution >= 0.6 is 0 Å². The molecule has 0 bridgehead atoms. The molecule has 7 heteroatoms. The highest BCUT2D eigenvalue weighted by Gasteiger charge is 2.32. The molecule has 0 spiro atoms. The predicted molar refractivity (Wildman–Crippen MR) is 130 cm³/mol. The van der Waals surface area contributed by atoms with Crippen molar-refractivity contribution in [2.24, 2.45) is 0 Å². The van der Waals surface area contributed by atoms with Crippen molar-refractivity contribution in [2.75, 3.05) is 57.1 Å². The van der Waals surface area contributed by atoms with Crippen molar-refractivity contribution in [3.8, 4) is 0 Å². The number of para-hydroxylation sites is 1. The zero-order valence-electron chi connectivity index (χ0n) is 18.9. The number of nitrogens with two attached hydrogens (primary N) is 1. The van der Waals surface area contributed by atoms with Crippen LogP contribution in [0.15, 0.2) is 54.6 Å². The van der Waals surface area contributed by atoms with E-state index in [0.29, 0.717) is 11.9 Å². The van der Waals surface area contributed by atoms with Crippen LogP contribution in [-0.4, -0.2) is 77.1 Å². The zero-order valence-corrected chi connectivity index (χ0v) is 18.9. The first-order valence-corrected chi connectivity index (χ1v) is 11.7. The molecule has 7 nitrogen and oxygen atoms in total. The summed E-state index contributed by atoms with van der Waals surface area (Å²) in [5.74, 6) is 1.30. The van der Waals surface area contributed by atoms with E-state index in [2.05, 4.69) is 57.2 Å². The van der Waals surface area contributed by atoms with Gasteiger partial charge in [-0.3, -0.25) is 9.91 Å². The second-order valence-electron chi connectivity index (χ2n) is 9.02. The zero-order chi connectivity index (χ0) is 21.9. The van der Waals surface area contributed by atoms with Gasteiger partial charge in [-0.2, -0.15) is 4.98 Å². The van der Waals surface area contributed by atoms with Gasteiger partial charge in [0.2, 0.25) is 5.95 Å². The van der Waals surface area contributed by atoms with Crippen LogP contribution in [0.1, 0.15) is 18.4 Å². The third-order valence-corrected chi connectivity index (χ3v) is 6.76. The number of benzene rings is 2. The van der Waals surface area contributed by atoms with Gasteiger partial charge in [-0.25, -0.2) is 9.99 Å². The Labute approximate surface area is 190 Å². The summed E-state index contributed by atoms with van der Waals surface area (Å²) >= 11 is 0. The van der Waals surface area contributed by atoms with E-state index >= 15 is 0 Å². The first kappa shape index (κ1) is 21.1. The maximum Gasteiger partial charge on any atom is 0.243 e. The quantitative estimate of drug-likeness (QED) is 0.666. The van der Waals surface area contributed by atoms with E-state index in [1.54, 1.807) is 0 Å². The van der Waals surface area contributed by atoms with E-state index in [-0.39, 0.29) is 0 Å². The van der Waals surface area contributed by atoms with Gasteiger partial charge in [0.15, 0.2) is 0 Å². The summed E-state index contributed by atoms with van der Waals surface area (Å²) in [5, 5.41) is 5.74. The highest BCUT2D eigenvalue weighted by atomic mass is 15.7. The van der Waals surface area contributed by atoms with Crippen LogP contribution in [0.4, 0.5) is 11.8 Å². The lowest BCUT2D eigenvalue weighted by atomic mass is 10.0. The first-order valence-electron chi connectivity index (χ1n) is 11.7. The summed E-state index contributed by atoms with van der Waals surface area (Å²) in [6.45, 7) is 7.23. The number of fused-ring (bicyclic) bond motifs is 1. The van der Waals surface area contributed by atoms with Gasteiger partial charge in [0, 0.05) is 51.2 Å². The molecule has 2 aromatic carbocycles. The Morgan fingerprint density at radius 2 is 1.56 bits per heavy atom. The van der Waals surface area contributed by atoms with Crippen molar-refractivity contribution in [3.63, 3.8) is 0 Å². The van der Waals surface area contributed by atoms with Crippen molar-refractivity contribution in [2.45, 2.75) is 25.4 Å². The molecule has 0 unspecified atom stereocenters. The average molecular weight is 432 g/mol. The number of nitrogen functional groups attached to an aromatic ring is 1. The number of anilines is 2. The normalized spacial score (nSPS) is 19.4. The number of piperazine rings is 1. The summed E-state index contributed by atoms with van der Waals surface area (Å²) < 4.78 is 0. The van der Waals surface area contributed by atoms with E-state index in [1.165, 1.54) is 5.56 Å². The SMILES string of the molecule is CN1CCN(N(c2nc(N)c3ccccc3n2)C2CCN(Cc3ccccc3)CC2)CC1. The van der Waals surface area contributed by atoms with E-state index in [0.717, 1.165) is 75.5 Å². The number of likely N-dealkylation sites (N-methyl/N-ethyl adjacent to an activating group) is 1. The Bertz CT molecular complexity index is 1020. The minimum atomic E-state index is 0.381. The van der Waals surface area contributed by atoms with E-state index in [4.69, 9.17) is 15.7 Å². The number of nitrogens with zero attached hydrogens (tertiary/aromatic N) is 6. The largest absolute Gasteiger partial charge is 0.383 e. The fourth-order valence-electron chi connectivity index (χ4n) is 4.89. The summed E-state index contributed by atoms with van der Waals surface area (Å²) in [5.41, 5.74) is 8.67. The molecule has 168 valence electrons. The Morgan fingerprint density at radius 3 is 2.31 bits per heavy atom. The molecule has 1 aromatic heterocycles. The number of rotatable bonds is 5. The molecule has 5 rings (SSSR count). The summed E-state index contributed by atoms with van der Waals surface area (Å²) in [4.78, 5) is 14.7. The van der Waals surface area contributed by atoms with Gasteiger partial charge in [0.1, 0.15) is 5.82 Å². The van der Waals surface area contributed by atoms with Gasteiger partial charge >= 0.3 is 0 Å². The Hall–Kier alpha value is -2.74. The smallest absolute Gasteiger partial charge is 0.243 e. The topological polar surface area (TPSA) is 64.8 Å². The molecule has 0 amide bonds. The molecule has 0 saturated carbocycles. The first-order chi connectivity index (χ1) is 15.7. The van der Waals surface area contributed by atoms with E-state index in [1.807, 2.05) is 24.3 Å². The van der Waals surface area contributed by atoms with Crippen LogP contribution in [0, 0.1) is 0 Å². The monoisotopic (exact) mass is 431 g/mol. The van der Waals surface area contributed by atoms with Gasteiger partial charge in [-0.1, -0.05) is 42.5 Å². The van der Waals surface area contributed by atoms with Crippen LogP contribution < -0.4 is 10.7 Å². The molecule has 3 heterocycles. The van der Waals surface area contributed by atoms with Crippen LogP contribution in [0.5, 0.6) is 0 Å². The minimum absolute atomic E-state index is 0.381. The van der Waals surface area contributed by atoms with Crippen LogP contribution in [0.3, 0.4) is 0 Å². The standard InChI is InChI=1S/C25H33N7/c1-29-15-17-31(18-16-29)32(25-27-23-10-6-5-9-22(23)24(26)28-25)21-11-13-30(14-12-21)19-20-7-3-2-4-8-20/h2-10,21H,11-19H2,1H3,(H2,26,27,28). The van der Waals surface area contributed by atoms with E-state index in [9.17, 15) is 0 Å². The molecular weight excluding hydrogens is 398 g/mol. The van der Waals surface area contributed by atoms with E-state index < -0.39 is 0 Å². The number of hydrogen-bond acceptors (Lipinski definition) is 7. The van der Waals surface area contributed by atoms with Crippen molar-refractivity contribution in [1.82, 2.24) is 24.8 Å². The van der Waals surface area contributed by atoms with Gasteiger partial charge in [-0.15, -0.1) is 0 Å². The number of likely N-dealkylation sites (tertiary alicyclic amines) is 1. The molecule has 32 heavy (non-hydrogen) atoms. The Balaban J connectivity index is 1.38. The molecule has 0 radical (unpaired) electrons. The fourth-order valence-corrected chi connectivity index (χ4v) is 4.89. The van der Waals surface area contributed by atoms with Crippen LogP contribution in [-0.2, 0) is 6.54 Å². The lowest BCUT2D eigenvalue weighted by Crippen LogP contribution is -2.58. The second kappa shape index (κ2) is 9.40. The third kappa shape index (κ3) is 4.55. The Morgan fingerprint density at radius 1 is 0.875 bits per heavy atom. The lowest BCUT2D eigenvalue weighted by molar-refractivity contribution is 0.105. The van der Waals surface area contributed by atoms with Gasteiger partial charge in [0.05, 0.1) is 11.6 Å². The molecule has 2 aliphatic rings. The molecular formula is C25H33N7. The number of hydrogen-bond donors (Lipinski definition) is 1. The number of piperidine rings is 1. The highest BCUT2D eigenvalue weighted by Crippen LogP contribution is 2.28. The van der Waals surface area contributed by atoms with Crippen LogP contribution in [0.2, 0.25) is 0 Å². The average Bonchev–Trinajstić information content (AvgIpc) is 2.82. The molecule has 2 N–H and O–H groups in total. The third-order valence-electron chi connectivity index (χ3n) is 6.76. The summed E-state index contributed by atoms with van der Waals surface area (Å²) in [7, 11) is 2.19. The second-order valence-corrected chi connectivity index (χ2v) is 9.02. The summed E-state index contributed by atoms with van der Waals surface area (Å²) in [6, 6.07) is 19.2. The molecule has 0 aliphatic carbocycles. The lowest BCUT2D eigenvalue weighted by Gasteiger charge is -2.46. The van der Waals surface area contributed by atoms with Gasteiger partial charge in [-0.05, 0) is 37.6 Å². The molecule has 0 atom stereocenters. The Kier molecular flexibility index (Phi) is 6.21. The minimum Gasteiger partial charge on any atom is -0.383 e. The molecule has 2 fully saturated rings. The predicted octanol–water partition coefficient (Wildman–Crippen LogP) is 2.85. The number of aromatic nitrogens is 2. The highest BCUT2D eigenvalue weighted by molar-refractivity contribution is 5.88. The maximum absolute atomic E-state index is 6.37. The van der Waals surface area contributed by atoms with Crippen molar-refractivity contribution < 1.29 is 0 Å². The van der Waals surface area contributed by atoms with Crippen molar-refractivity contribution in [3.05, 3.63) is 60.2 Å². The maximum atomic E-state index is 6.37. The van der Waals surface area contributed by atoms with Crippen molar-refractivity contribution in [1.29, 1.82) is 0 Å². The van der Waals surface area contributed by atoms with Gasteiger partial charge in [0.25, 0.3) is 0 Å². The number of hydrazine groups is 1. The fraction of sp³-hybridized carbons (Fsp3) is 0.440. The van der Waals surface area contributed by atoms with Gasteiger partial charge < -0.3 is 10.6 Å². The summed E-state index contributed by atoms with van der Waals surface area (Å²) in [6.07, 6.45) is 2.19. The van der Waals surface area contributed by atoms with Crippen LogP contribution in [0.25, 0.3) is 10.9 Å². The molecule has 2 saturated heterocycles. The molecule has 2 aliphatic heterocycles.